The maximum atomic E-state index is 14.0. The molecule has 3 fully saturated rings. The van der Waals surface area contributed by atoms with Crippen molar-refractivity contribution in [2.75, 3.05) is 25.5 Å². The Bertz CT molecular complexity index is 947. The number of hydrogen-bond donors (Lipinski definition) is 1. The number of esters is 1. The van der Waals surface area contributed by atoms with Crippen LogP contribution in [0.5, 0.6) is 0 Å². The summed E-state index contributed by atoms with van der Waals surface area (Å²) < 4.78 is 11.0. The van der Waals surface area contributed by atoms with Gasteiger partial charge in [0.2, 0.25) is 5.91 Å². The van der Waals surface area contributed by atoms with E-state index in [0.717, 1.165) is 24.0 Å². The van der Waals surface area contributed by atoms with E-state index in [-0.39, 0.29) is 17.3 Å². The van der Waals surface area contributed by atoms with Crippen LogP contribution in [0.1, 0.15) is 30.1 Å². The van der Waals surface area contributed by atoms with Gasteiger partial charge in [-0.1, -0.05) is 60.7 Å². The molecule has 174 valence electrons. The minimum absolute atomic E-state index is 0.0484. The lowest BCUT2D eigenvalue weighted by molar-refractivity contribution is -0.154. The summed E-state index contributed by atoms with van der Waals surface area (Å²) in [6.45, 7) is 1.74. The molecule has 2 unspecified atom stereocenters. The van der Waals surface area contributed by atoms with E-state index < -0.39 is 16.9 Å². The molecule has 1 amide bonds. The maximum Gasteiger partial charge on any atom is 0.325 e. The Morgan fingerprint density at radius 3 is 2.30 bits per heavy atom. The van der Waals surface area contributed by atoms with Gasteiger partial charge < -0.3 is 20.1 Å². The molecule has 0 radical (unpaired) electrons. The number of ether oxygens (including phenoxy) is 2. The lowest BCUT2D eigenvalue weighted by Gasteiger charge is -2.53. The Hall–Kier alpha value is -2.00. The zero-order valence-corrected chi connectivity index (χ0v) is 19.9. The number of nitrogens with zero attached hydrogens (tertiary/aromatic N) is 1. The summed E-state index contributed by atoms with van der Waals surface area (Å²) in [7, 11) is 0. The van der Waals surface area contributed by atoms with Crippen LogP contribution in [0.15, 0.2) is 60.7 Å². The van der Waals surface area contributed by atoms with Crippen LogP contribution in [0, 0.1) is 0 Å². The summed E-state index contributed by atoms with van der Waals surface area (Å²) in [5, 5.41) is 0.244. The first kappa shape index (κ1) is 22.8. The van der Waals surface area contributed by atoms with Crippen LogP contribution in [0.3, 0.4) is 0 Å². The normalized spacial score (nSPS) is 27.7. The molecule has 3 aliphatic rings. The van der Waals surface area contributed by atoms with E-state index in [1.54, 1.807) is 28.4 Å². The van der Waals surface area contributed by atoms with Gasteiger partial charge in [-0.05, 0) is 24.0 Å². The average molecular weight is 485 g/mol. The Balaban J connectivity index is 1.43. The number of carbonyl (C=O) groups is 2. The first-order chi connectivity index (χ1) is 16.1. The predicted octanol–water partition coefficient (Wildman–Crippen LogP) is 3.21. The van der Waals surface area contributed by atoms with Crippen molar-refractivity contribution in [1.29, 1.82) is 0 Å². The fourth-order valence-corrected chi connectivity index (χ4v) is 7.84. The van der Waals surface area contributed by atoms with Crippen LogP contribution >= 0.6 is 23.5 Å². The van der Waals surface area contributed by atoms with Crippen LogP contribution in [-0.4, -0.2) is 63.7 Å². The summed E-state index contributed by atoms with van der Waals surface area (Å²) in [5.41, 5.74) is 7.85. The zero-order valence-electron chi connectivity index (χ0n) is 18.3. The number of thioether (sulfide) groups is 2. The quantitative estimate of drug-likeness (QED) is 0.498. The van der Waals surface area contributed by atoms with Gasteiger partial charge in [-0.25, -0.2) is 0 Å². The van der Waals surface area contributed by atoms with Gasteiger partial charge in [-0.15, -0.1) is 23.5 Å². The molecular formula is C25H28N2O4S2. The van der Waals surface area contributed by atoms with Gasteiger partial charge in [0.1, 0.15) is 16.2 Å². The van der Waals surface area contributed by atoms with Crippen molar-refractivity contribution >= 4 is 35.4 Å². The van der Waals surface area contributed by atoms with Gasteiger partial charge in [-0.3, -0.25) is 9.59 Å². The molecular weight excluding hydrogens is 456 g/mol. The lowest BCUT2D eigenvalue weighted by Crippen LogP contribution is -2.73. The molecule has 5 rings (SSSR count). The van der Waals surface area contributed by atoms with Gasteiger partial charge in [0, 0.05) is 30.8 Å². The number of benzene rings is 2. The summed E-state index contributed by atoms with van der Waals surface area (Å²) in [5.74, 6) is 0.224. The van der Waals surface area contributed by atoms with Gasteiger partial charge in [-0.2, -0.15) is 0 Å². The third-order valence-electron chi connectivity index (χ3n) is 6.46. The molecule has 0 bridgehead atoms. The molecule has 3 saturated heterocycles. The first-order valence-electron chi connectivity index (χ1n) is 11.3. The summed E-state index contributed by atoms with van der Waals surface area (Å²) >= 11 is 3.26. The minimum Gasteiger partial charge on any atom is -0.451 e. The van der Waals surface area contributed by atoms with Gasteiger partial charge in [0.05, 0.1) is 0 Å². The highest BCUT2D eigenvalue weighted by Gasteiger charge is 2.57. The van der Waals surface area contributed by atoms with Gasteiger partial charge >= 0.3 is 5.97 Å². The Kier molecular flexibility index (Phi) is 6.69. The Morgan fingerprint density at radius 1 is 1.09 bits per heavy atom. The molecule has 0 saturated carbocycles. The van der Waals surface area contributed by atoms with E-state index in [0.29, 0.717) is 30.8 Å². The average Bonchev–Trinajstić information content (AvgIpc) is 2.88. The number of carbonyl (C=O) groups excluding carboxylic acids is 2. The molecule has 0 aliphatic carbocycles. The van der Waals surface area contributed by atoms with E-state index in [1.807, 2.05) is 60.7 Å². The second kappa shape index (κ2) is 9.70. The van der Waals surface area contributed by atoms with Crippen LogP contribution in [0.4, 0.5) is 0 Å². The van der Waals surface area contributed by atoms with Crippen molar-refractivity contribution in [3.63, 3.8) is 0 Å². The smallest absolute Gasteiger partial charge is 0.325 e. The number of β-lactam (4-membered cyclic amide) rings is 1. The molecule has 3 atom stereocenters. The van der Waals surface area contributed by atoms with Crippen LogP contribution in [-0.2, 0) is 19.1 Å². The molecule has 0 spiro atoms. The highest BCUT2D eigenvalue weighted by Crippen LogP contribution is 2.47. The van der Waals surface area contributed by atoms with E-state index >= 15 is 0 Å². The molecule has 8 heteroatoms. The van der Waals surface area contributed by atoms with Crippen molar-refractivity contribution in [2.45, 2.75) is 40.4 Å². The zero-order chi connectivity index (χ0) is 22.8. The van der Waals surface area contributed by atoms with E-state index in [9.17, 15) is 9.59 Å². The summed E-state index contributed by atoms with van der Waals surface area (Å²) in [4.78, 5) is 28.2. The molecule has 0 aromatic heterocycles. The van der Waals surface area contributed by atoms with Crippen LogP contribution in [0.2, 0.25) is 0 Å². The fourth-order valence-electron chi connectivity index (χ4n) is 4.61. The highest BCUT2D eigenvalue weighted by molar-refractivity contribution is 8.05. The fraction of sp³-hybridized carbons (Fsp3) is 0.440. The van der Waals surface area contributed by atoms with Gasteiger partial charge in [0.15, 0.2) is 6.10 Å². The number of rotatable bonds is 6. The van der Waals surface area contributed by atoms with Crippen LogP contribution < -0.4 is 5.73 Å². The topological polar surface area (TPSA) is 81.9 Å². The molecule has 2 N–H and O–H groups in total. The number of nitrogens with two attached hydrogens (primary N) is 1. The SMILES string of the molecule is NC1C(=O)N2CC(SC3CCOCC3)(C(=O)OC(c3ccccc3)c3ccccc3)CS[C@H]12. The van der Waals surface area contributed by atoms with Gasteiger partial charge in [0.25, 0.3) is 0 Å². The molecule has 6 nitrogen and oxygen atoms in total. The van der Waals surface area contributed by atoms with Crippen molar-refractivity contribution < 1.29 is 19.1 Å². The van der Waals surface area contributed by atoms with E-state index in [4.69, 9.17) is 15.2 Å². The number of fused-ring (bicyclic) bond motifs is 1. The molecule has 3 heterocycles. The van der Waals surface area contributed by atoms with Crippen molar-refractivity contribution in [3.8, 4) is 0 Å². The number of hydrogen-bond acceptors (Lipinski definition) is 7. The first-order valence-corrected chi connectivity index (χ1v) is 13.2. The largest absolute Gasteiger partial charge is 0.451 e. The third-order valence-corrected chi connectivity index (χ3v) is 9.89. The molecule has 33 heavy (non-hydrogen) atoms. The Labute approximate surface area is 202 Å². The van der Waals surface area contributed by atoms with E-state index in [2.05, 4.69) is 0 Å². The van der Waals surface area contributed by atoms with Crippen molar-refractivity contribution in [2.24, 2.45) is 5.73 Å². The van der Waals surface area contributed by atoms with Crippen molar-refractivity contribution in [1.82, 2.24) is 4.90 Å². The monoisotopic (exact) mass is 484 g/mol. The highest BCUT2D eigenvalue weighted by atomic mass is 32.2. The second-order valence-corrected chi connectivity index (χ2v) is 11.5. The summed E-state index contributed by atoms with van der Waals surface area (Å²) in [6.07, 6.45) is 1.27. The standard InChI is InChI=1S/C25H28N2O4S2/c26-20-22(28)27-15-25(16-32-23(20)27,33-19-11-13-30-14-12-19)24(29)31-21(17-7-3-1-4-8-17)18-9-5-2-6-10-18/h1-10,19-21,23H,11-16,26H2/t20?,23-,25?/m1/s1. The van der Waals surface area contributed by atoms with E-state index in [1.165, 1.54) is 0 Å². The Morgan fingerprint density at radius 2 is 1.70 bits per heavy atom. The lowest BCUT2D eigenvalue weighted by atomic mass is 10.00. The van der Waals surface area contributed by atoms with Crippen molar-refractivity contribution in [3.05, 3.63) is 71.8 Å². The minimum atomic E-state index is -0.833. The third kappa shape index (κ3) is 4.54. The number of amides is 1. The molecule has 2 aromatic rings. The summed E-state index contributed by atoms with van der Waals surface area (Å²) in [6, 6.07) is 19.1. The molecule has 2 aromatic carbocycles. The van der Waals surface area contributed by atoms with Crippen LogP contribution in [0.25, 0.3) is 0 Å². The molecule has 3 aliphatic heterocycles. The predicted molar refractivity (Wildman–Crippen MR) is 131 cm³/mol. The maximum absolute atomic E-state index is 14.0. The second-order valence-electron chi connectivity index (χ2n) is 8.72.